The lowest BCUT2D eigenvalue weighted by Gasteiger charge is -2.33. The number of oxazole rings is 1. The van der Waals surface area contributed by atoms with Crippen LogP contribution >= 0.6 is 0 Å². The molecule has 1 aliphatic heterocycles. The summed E-state index contributed by atoms with van der Waals surface area (Å²) >= 11 is 0. The molecular weight excluding hydrogens is 270 g/mol. The number of nitrogen functional groups attached to an aromatic ring is 1. The molecule has 0 atom stereocenters. The molecule has 3 rings (SSSR count). The highest BCUT2D eigenvalue weighted by atomic mass is 16.3. The summed E-state index contributed by atoms with van der Waals surface area (Å²) in [4.78, 5) is 29.7. The van der Waals surface area contributed by atoms with Gasteiger partial charge in [0.2, 0.25) is 17.7 Å². The molecule has 2 N–H and O–H groups in total. The first kappa shape index (κ1) is 13.6. The first-order chi connectivity index (χ1) is 9.84. The highest BCUT2D eigenvalue weighted by Crippen LogP contribution is 2.32. The molecule has 0 unspecified atom stereocenters. The smallest absolute Gasteiger partial charge is 0.230 e. The van der Waals surface area contributed by atoms with Gasteiger partial charge < -0.3 is 10.2 Å². The molecule has 6 heteroatoms. The summed E-state index contributed by atoms with van der Waals surface area (Å²) < 4.78 is 5.56. The van der Waals surface area contributed by atoms with Gasteiger partial charge in [0, 0.05) is 24.6 Å². The number of fused-ring (bicyclic) bond motifs is 1. The van der Waals surface area contributed by atoms with Gasteiger partial charge in [0.05, 0.1) is 0 Å². The number of hydrogen-bond donors (Lipinski definition) is 1. The van der Waals surface area contributed by atoms with Crippen LogP contribution in [0.1, 0.15) is 32.6 Å². The van der Waals surface area contributed by atoms with Gasteiger partial charge in [-0.2, -0.15) is 0 Å². The minimum Gasteiger partial charge on any atom is -0.439 e. The maximum absolute atomic E-state index is 12.1. The number of nitrogens with two attached hydrogens (primary N) is 1. The minimum atomic E-state index is -0.277. The molecule has 0 spiro atoms. The van der Waals surface area contributed by atoms with E-state index in [0.29, 0.717) is 35.5 Å². The molecule has 6 nitrogen and oxygen atoms in total. The number of benzene rings is 1. The third kappa shape index (κ3) is 2.61. The standard InChI is InChI=1S/C15H17N3O3/c1-15(2)6-13(19)18(14(20)7-15)8-12-17-10-4-3-9(16)5-11(10)21-12/h3-5H,6-8,16H2,1-2H3. The van der Waals surface area contributed by atoms with Crippen molar-refractivity contribution in [2.75, 3.05) is 5.73 Å². The van der Waals surface area contributed by atoms with Crippen LogP contribution in [0.4, 0.5) is 5.69 Å². The van der Waals surface area contributed by atoms with Crippen LogP contribution in [0.3, 0.4) is 0 Å². The van der Waals surface area contributed by atoms with E-state index in [1.165, 1.54) is 4.90 Å². The van der Waals surface area contributed by atoms with E-state index in [4.69, 9.17) is 10.2 Å². The van der Waals surface area contributed by atoms with Crippen molar-refractivity contribution in [2.24, 2.45) is 5.41 Å². The van der Waals surface area contributed by atoms with E-state index in [2.05, 4.69) is 4.98 Å². The maximum Gasteiger partial charge on any atom is 0.230 e. The van der Waals surface area contributed by atoms with E-state index in [0.717, 1.165) is 0 Å². The summed E-state index contributed by atoms with van der Waals surface area (Å²) in [6, 6.07) is 5.16. The number of aromatic nitrogens is 1. The van der Waals surface area contributed by atoms with Crippen LogP contribution in [-0.2, 0) is 16.1 Å². The molecule has 0 aliphatic carbocycles. The van der Waals surface area contributed by atoms with Gasteiger partial charge in [-0.15, -0.1) is 0 Å². The van der Waals surface area contributed by atoms with Crippen molar-refractivity contribution in [3.05, 3.63) is 24.1 Å². The lowest BCUT2D eigenvalue weighted by molar-refractivity contribution is -0.153. The minimum absolute atomic E-state index is 0.0718. The number of carbonyl (C=O) groups is 2. The zero-order valence-corrected chi connectivity index (χ0v) is 12.0. The predicted octanol–water partition coefficient (Wildman–Crippen LogP) is 2.09. The first-order valence-electron chi connectivity index (χ1n) is 6.82. The van der Waals surface area contributed by atoms with Gasteiger partial charge in [0.15, 0.2) is 5.58 Å². The molecule has 1 fully saturated rings. The Balaban J connectivity index is 1.84. The highest BCUT2D eigenvalue weighted by molar-refractivity contribution is 5.98. The summed E-state index contributed by atoms with van der Waals surface area (Å²) in [5.74, 6) is -0.0203. The summed E-state index contributed by atoms with van der Waals surface area (Å²) in [5, 5.41) is 0. The second-order valence-corrected chi connectivity index (χ2v) is 6.23. The van der Waals surface area contributed by atoms with E-state index in [1.54, 1.807) is 18.2 Å². The van der Waals surface area contributed by atoms with E-state index < -0.39 is 0 Å². The number of piperidine rings is 1. The maximum atomic E-state index is 12.1. The van der Waals surface area contributed by atoms with Crippen molar-refractivity contribution < 1.29 is 14.0 Å². The van der Waals surface area contributed by atoms with Gasteiger partial charge in [-0.1, -0.05) is 13.8 Å². The van der Waals surface area contributed by atoms with Crippen LogP contribution < -0.4 is 5.73 Å². The van der Waals surface area contributed by atoms with Gasteiger partial charge in [-0.3, -0.25) is 14.5 Å². The first-order valence-corrected chi connectivity index (χ1v) is 6.82. The molecule has 2 amide bonds. The SMILES string of the molecule is CC1(C)CC(=O)N(Cc2nc3ccc(N)cc3o2)C(=O)C1. The van der Waals surface area contributed by atoms with Crippen LogP contribution in [0.15, 0.2) is 22.6 Å². The Bertz CT molecular complexity index is 713. The molecule has 21 heavy (non-hydrogen) atoms. The summed E-state index contributed by atoms with van der Waals surface area (Å²) in [7, 11) is 0. The third-order valence-corrected chi connectivity index (χ3v) is 3.61. The van der Waals surface area contributed by atoms with Gasteiger partial charge in [0.25, 0.3) is 0 Å². The molecule has 110 valence electrons. The molecule has 2 heterocycles. The molecular formula is C15H17N3O3. The van der Waals surface area contributed by atoms with Crippen LogP contribution in [0.2, 0.25) is 0 Å². The van der Waals surface area contributed by atoms with Crippen LogP contribution in [0.25, 0.3) is 11.1 Å². The van der Waals surface area contributed by atoms with Crippen LogP contribution in [0, 0.1) is 5.41 Å². The molecule has 1 aromatic carbocycles. The largest absolute Gasteiger partial charge is 0.439 e. The summed E-state index contributed by atoms with van der Waals surface area (Å²) in [5.41, 5.74) is 7.21. The van der Waals surface area contributed by atoms with E-state index in [1.807, 2.05) is 13.8 Å². The number of likely N-dealkylation sites (tertiary alicyclic amines) is 1. The van der Waals surface area contributed by atoms with Gasteiger partial charge in [-0.25, -0.2) is 4.98 Å². The monoisotopic (exact) mass is 287 g/mol. The predicted molar refractivity (Wildman–Crippen MR) is 77.0 cm³/mol. The third-order valence-electron chi connectivity index (χ3n) is 3.61. The van der Waals surface area contributed by atoms with Crippen molar-refractivity contribution in [3.8, 4) is 0 Å². The molecule has 0 radical (unpaired) electrons. The van der Waals surface area contributed by atoms with Gasteiger partial charge >= 0.3 is 0 Å². The van der Waals surface area contributed by atoms with Crippen molar-refractivity contribution in [1.29, 1.82) is 0 Å². The normalized spacial score (nSPS) is 18.5. The van der Waals surface area contributed by atoms with E-state index in [9.17, 15) is 9.59 Å². The van der Waals surface area contributed by atoms with Gasteiger partial charge in [0.1, 0.15) is 12.1 Å². The molecule has 1 aromatic heterocycles. The Hall–Kier alpha value is -2.37. The average Bonchev–Trinajstić information content (AvgIpc) is 2.74. The average molecular weight is 287 g/mol. The lowest BCUT2D eigenvalue weighted by Crippen LogP contribution is -2.45. The molecule has 0 bridgehead atoms. The number of imide groups is 1. The van der Waals surface area contributed by atoms with Crippen molar-refractivity contribution in [2.45, 2.75) is 33.2 Å². The quantitative estimate of drug-likeness (QED) is 0.674. The fraction of sp³-hybridized carbons (Fsp3) is 0.400. The van der Waals surface area contributed by atoms with Crippen LogP contribution in [-0.4, -0.2) is 21.7 Å². The highest BCUT2D eigenvalue weighted by Gasteiger charge is 2.37. The Morgan fingerprint density at radius 1 is 1.29 bits per heavy atom. The Kier molecular flexibility index (Phi) is 2.97. The Labute approximate surface area is 121 Å². The van der Waals surface area contributed by atoms with Crippen molar-refractivity contribution in [3.63, 3.8) is 0 Å². The molecule has 1 saturated heterocycles. The van der Waals surface area contributed by atoms with Crippen molar-refractivity contribution >= 4 is 28.6 Å². The number of hydrogen-bond acceptors (Lipinski definition) is 5. The van der Waals surface area contributed by atoms with E-state index in [-0.39, 0.29) is 23.8 Å². The number of rotatable bonds is 2. The fourth-order valence-electron chi connectivity index (χ4n) is 2.58. The van der Waals surface area contributed by atoms with Gasteiger partial charge in [-0.05, 0) is 17.5 Å². The Morgan fingerprint density at radius 3 is 2.62 bits per heavy atom. The fourth-order valence-corrected chi connectivity index (χ4v) is 2.58. The molecule has 0 saturated carbocycles. The molecule has 1 aliphatic rings. The second-order valence-electron chi connectivity index (χ2n) is 6.23. The summed E-state index contributed by atoms with van der Waals surface area (Å²) in [6.45, 7) is 3.91. The lowest BCUT2D eigenvalue weighted by atomic mass is 9.82. The Morgan fingerprint density at radius 2 is 1.95 bits per heavy atom. The zero-order chi connectivity index (χ0) is 15.2. The number of anilines is 1. The topological polar surface area (TPSA) is 89.4 Å². The number of nitrogens with zero attached hydrogens (tertiary/aromatic N) is 2. The van der Waals surface area contributed by atoms with Crippen LogP contribution in [0.5, 0.6) is 0 Å². The van der Waals surface area contributed by atoms with Crippen molar-refractivity contribution in [1.82, 2.24) is 9.88 Å². The summed E-state index contributed by atoms with van der Waals surface area (Å²) in [6.07, 6.45) is 0.706. The zero-order valence-electron chi connectivity index (χ0n) is 12.0. The second kappa shape index (κ2) is 4.58. The number of carbonyl (C=O) groups excluding carboxylic acids is 2. The number of amides is 2. The van der Waals surface area contributed by atoms with E-state index >= 15 is 0 Å². The molecule has 2 aromatic rings.